The van der Waals surface area contributed by atoms with Gasteiger partial charge in [0.2, 0.25) is 0 Å². The topological polar surface area (TPSA) is 72.0 Å². The molecule has 0 spiro atoms. The number of rotatable bonds is 5. The maximum Gasteiger partial charge on any atom is 0.150 e. The molecule has 112 valence electrons. The Bertz CT molecular complexity index is 518. The second-order valence-electron chi connectivity index (χ2n) is 5.52. The summed E-state index contributed by atoms with van der Waals surface area (Å²) in [6.45, 7) is 2.87. The zero-order valence-electron chi connectivity index (χ0n) is 12.1. The number of hydrogen-bond donors (Lipinski definition) is 1. The van der Waals surface area contributed by atoms with Crippen LogP contribution in [0.2, 0.25) is 0 Å². The van der Waals surface area contributed by atoms with Gasteiger partial charge in [-0.3, -0.25) is 0 Å². The summed E-state index contributed by atoms with van der Waals surface area (Å²) in [6.07, 6.45) is 8.30. The van der Waals surface area contributed by atoms with Gasteiger partial charge in [0, 0.05) is 18.6 Å². The zero-order chi connectivity index (χ0) is 14.6. The molecule has 1 aliphatic rings. The second-order valence-corrected chi connectivity index (χ2v) is 7.85. The molecule has 1 N–H and O–H groups in total. The molecule has 5 nitrogen and oxygen atoms in total. The smallest absolute Gasteiger partial charge is 0.150 e. The third kappa shape index (κ3) is 3.76. The lowest BCUT2D eigenvalue weighted by molar-refractivity contribution is 0.267. The Hall–Kier alpha value is -1.01. The number of nitrogens with zero attached hydrogens (tertiary/aromatic N) is 2. The van der Waals surface area contributed by atoms with Crippen molar-refractivity contribution in [3.63, 3.8) is 0 Å². The highest BCUT2D eigenvalue weighted by Crippen LogP contribution is 2.35. The van der Waals surface area contributed by atoms with Gasteiger partial charge in [-0.1, -0.05) is 13.3 Å². The molecule has 0 radical (unpaired) electrons. The van der Waals surface area contributed by atoms with E-state index in [0.29, 0.717) is 6.42 Å². The maximum atomic E-state index is 11.8. The van der Waals surface area contributed by atoms with E-state index in [9.17, 15) is 8.42 Å². The van der Waals surface area contributed by atoms with Crippen LogP contribution in [0.3, 0.4) is 0 Å². The van der Waals surface area contributed by atoms with Crippen molar-refractivity contribution >= 4 is 9.84 Å². The van der Waals surface area contributed by atoms with Crippen LogP contribution in [0.1, 0.15) is 44.5 Å². The lowest BCUT2D eigenvalue weighted by Crippen LogP contribution is -2.36. The standard InChI is InChI=1S/C14H23N3O2S/c1-3-15-13(14-16-8-5-9-17-14)11-6-4-7-12(10-11)20(2,18)19/h5,8-9,11-13,15H,3-4,6-7,10H2,1-2H3. The van der Waals surface area contributed by atoms with Crippen molar-refractivity contribution in [3.8, 4) is 0 Å². The quantitative estimate of drug-likeness (QED) is 0.896. The molecule has 1 saturated carbocycles. The molecule has 0 amide bonds. The van der Waals surface area contributed by atoms with Gasteiger partial charge in [-0.05, 0) is 37.8 Å². The molecule has 0 saturated heterocycles. The van der Waals surface area contributed by atoms with Crippen molar-refractivity contribution in [1.82, 2.24) is 15.3 Å². The van der Waals surface area contributed by atoms with Crippen LogP contribution in [0.25, 0.3) is 0 Å². The molecular weight excluding hydrogens is 274 g/mol. The van der Waals surface area contributed by atoms with E-state index < -0.39 is 9.84 Å². The number of nitrogens with one attached hydrogen (secondary N) is 1. The molecule has 2 rings (SSSR count). The van der Waals surface area contributed by atoms with Crippen LogP contribution in [0.5, 0.6) is 0 Å². The zero-order valence-corrected chi connectivity index (χ0v) is 12.9. The van der Waals surface area contributed by atoms with Gasteiger partial charge in [0.15, 0.2) is 0 Å². The summed E-state index contributed by atoms with van der Waals surface area (Å²) >= 11 is 0. The molecule has 0 bridgehead atoms. The van der Waals surface area contributed by atoms with Gasteiger partial charge in [0.25, 0.3) is 0 Å². The van der Waals surface area contributed by atoms with Gasteiger partial charge < -0.3 is 5.32 Å². The molecular formula is C14H23N3O2S. The third-order valence-electron chi connectivity index (χ3n) is 4.03. The summed E-state index contributed by atoms with van der Waals surface area (Å²) in [6, 6.07) is 1.85. The Kier molecular flexibility index (Phi) is 5.10. The molecule has 1 aliphatic carbocycles. The van der Waals surface area contributed by atoms with Crippen LogP contribution in [-0.2, 0) is 9.84 Å². The summed E-state index contributed by atoms with van der Waals surface area (Å²) in [7, 11) is -2.96. The molecule has 1 aromatic heterocycles. The molecule has 3 unspecified atom stereocenters. The van der Waals surface area contributed by atoms with E-state index in [-0.39, 0.29) is 17.2 Å². The molecule has 1 aromatic rings. The third-order valence-corrected chi connectivity index (χ3v) is 5.67. The van der Waals surface area contributed by atoms with Crippen LogP contribution in [-0.4, -0.2) is 36.4 Å². The Labute approximate surface area is 121 Å². The summed E-state index contributed by atoms with van der Waals surface area (Å²) in [5, 5.41) is 3.20. The lowest BCUT2D eigenvalue weighted by atomic mass is 9.83. The van der Waals surface area contributed by atoms with E-state index in [1.165, 1.54) is 6.26 Å². The largest absolute Gasteiger partial charge is 0.307 e. The monoisotopic (exact) mass is 297 g/mol. The molecule has 20 heavy (non-hydrogen) atoms. The van der Waals surface area contributed by atoms with Gasteiger partial charge in [0.05, 0.1) is 11.3 Å². The second kappa shape index (κ2) is 6.63. The molecule has 0 aliphatic heterocycles. The van der Waals surface area contributed by atoms with Gasteiger partial charge in [-0.2, -0.15) is 0 Å². The molecule has 1 fully saturated rings. The summed E-state index contributed by atoms with van der Waals surface area (Å²) < 4.78 is 23.6. The summed E-state index contributed by atoms with van der Waals surface area (Å²) in [5.74, 6) is 1.05. The van der Waals surface area contributed by atoms with E-state index in [1.54, 1.807) is 18.5 Å². The first-order chi connectivity index (χ1) is 9.52. The van der Waals surface area contributed by atoms with Crippen molar-refractivity contribution in [2.45, 2.75) is 43.9 Å². The highest BCUT2D eigenvalue weighted by molar-refractivity contribution is 7.91. The van der Waals surface area contributed by atoms with Crippen LogP contribution < -0.4 is 5.32 Å². The molecule has 3 atom stereocenters. The minimum absolute atomic E-state index is 0.0470. The normalized spacial score (nSPS) is 25.3. The average molecular weight is 297 g/mol. The first-order valence-electron chi connectivity index (χ1n) is 7.21. The highest BCUT2D eigenvalue weighted by atomic mass is 32.2. The van der Waals surface area contributed by atoms with Crippen LogP contribution in [0.4, 0.5) is 0 Å². The maximum absolute atomic E-state index is 11.8. The van der Waals surface area contributed by atoms with E-state index in [4.69, 9.17) is 0 Å². The van der Waals surface area contributed by atoms with Crippen LogP contribution in [0.15, 0.2) is 18.5 Å². The fourth-order valence-corrected chi connectivity index (χ4v) is 4.22. The number of aromatic nitrogens is 2. The number of hydrogen-bond acceptors (Lipinski definition) is 5. The van der Waals surface area contributed by atoms with Gasteiger partial charge >= 0.3 is 0 Å². The van der Waals surface area contributed by atoms with E-state index in [1.807, 2.05) is 6.92 Å². The van der Waals surface area contributed by atoms with Crippen molar-refractivity contribution in [2.24, 2.45) is 5.92 Å². The van der Waals surface area contributed by atoms with E-state index in [2.05, 4.69) is 15.3 Å². The van der Waals surface area contributed by atoms with Crippen molar-refractivity contribution in [2.75, 3.05) is 12.8 Å². The lowest BCUT2D eigenvalue weighted by Gasteiger charge is -2.33. The first kappa shape index (κ1) is 15.4. The summed E-state index contributed by atoms with van der Waals surface area (Å²) in [4.78, 5) is 8.67. The van der Waals surface area contributed by atoms with Crippen LogP contribution >= 0.6 is 0 Å². The average Bonchev–Trinajstić information content (AvgIpc) is 2.45. The van der Waals surface area contributed by atoms with Gasteiger partial charge in [-0.15, -0.1) is 0 Å². The minimum Gasteiger partial charge on any atom is -0.307 e. The predicted octanol–water partition coefficient (Wildman–Crippen LogP) is 1.73. The Morgan fingerprint density at radius 2 is 2.05 bits per heavy atom. The van der Waals surface area contributed by atoms with Gasteiger partial charge in [0.1, 0.15) is 15.7 Å². The number of sulfone groups is 1. The Morgan fingerprint density at radius 1 is 1.35 bits per heavy atom. The van der Waals surface area contributed by atoms with E-state index in [0.717, 1.165) is 31.6 Å². The predicted molar refractivity (Wildman–Crippen MR) is 79.0 cm³/mol. The Balaban J connectivity index is 2.17. The van der Waals surface area contributed by atoms with Crippen molar-refractivity contribution in [1.29, 1.82) is 0 Å². The van der Waals surface area contributed by atoms with Crippen LogP contribution in [0, 0.1) is 5.92 Å². The SMILES string of the molecule is CCNC(c1ncccn1)C1CCCC(S(C)(=O)=O)C1. The fourth-order valence-electron chi connectivity index (χ4n) is 3.03. The molecule has 1 heterocycles. The van der Waals surface area contributed by atoms with Gasteiger partial charge in [-0.25, -0.2) is 18.4 Å². The van der Waals surface area contributed by atoms with E-state index >= 15 is 0 Å². The molecule has 0 aromatic carbocycles. The summed E-state index contributed by atoms with van der Waals surface area (Å²) in [5.41, 5.74) is 0. The molecule has 6 heteroatoms. The first-order valence-corrected chi connectivity index (χ1v) is 9.17. The highest BCUT2D eigenvalue weighted by Gasteiger charge is 2.34. The fraction of sp³-hybridized carbons (Fsp3) is 0.714. The minimum atomic E-state index is -2.96. The van der Waals surface area contributed by atoms with Crippen molar-refractivity contribution < 1.29 is 8.42 Å². The Morgan fingerprint density at radius 3 is 2.65 bits per heavy atom. The van der Waals surface area contributed by atoms with Crippen molar-refractivity contribution in [3.05, 3.63) is 24.3 Å².